The molecule has 86 valence electrons. The summed E-state index contributed by atoms with van der Waals surface area (Å²) in [5, 5.41) is 4.96. The van der Waals surface area contributed by atoms with Gasteiger partial charge in [-0.05, 0) is 17.0 Å². The standard InChI is InChI=1S/C14H14N2O/c1-14(2,3)10-4-5-11-12-8(10)6-15-7-9(12)13(17)16-11/h4-7H,1-3H3,(H,16,17). The molecule has 0 atom stereocenters. The Morgan fingerprint density at radius 1 is 1.18 bits per heavy atom. The highest BCUT2D eigenvalue weighted by Gasteiger charge is 2.25. The predicted molar refractivity (Wildman–Crippen MR) is 68.4 cm³/mol. The molecule has 1 aromatic heterocycles. The number of amides is 1. The van der Waals surface area contributed by atoms with Crippen molar-refractivity contribution in [1.82, 2.24) is 4.98 Å². The number of anilines is 1. The summed E-state index contributed by atoms with van der Waals surface area (Å²) in [7, 11) is 0. The van der Waals surface area contributed by atoms with Crippen LogP contribution in [0, 0.1) is 0 Å². The molecule has 17 heavy (non-hydrogen) atoms. The SMILES string of the molecule is CC(C)(C)c1ccc2c3c(cncc13)C(=O)N2. The van der Waals surface area contributed by atoms with Crippen LogP contribution in [0.25, 0.3) is 10.8 Å². The Morgan fingerprint density at radius 3 is 2.65 bits per heavy atom. The van der Waals surface area contributed by atoms with Gasteiger partial charge in [-0.15, -0.1) is 0 Å². The van der Waals surface area contributed by atoms with Crippen molar-refractivity contribution in [2.24, 2.45) is 0 Å². The van der Waals surface area contributed by atoms with Crippen LogP contribution >= 0.6 is 0 Å². The molecule has 1 aromatic carbocycles. The summed E-state index contributed by atoms with van der Waals surface area (Å²) >= 11 is 0. The number of nitrogens with one attached hydrogen (secondary N) is 1. The molecule has 2 aromatic rings. The van der Waals surface area contributed by atoms with E-state index in [2.05, 4.69) is 37.1 Å². The third kappa shape index (κ3) is 1.35. The van der Waals surface area contributed by atoms with Crippen molar-refractivity contribution in [3.05, 3.63) is 35.7 Å². The fourth-order valence-electron chi connectivity index (χ4n) is 2.41. The van der Waals surface area contributed by atoms with Crippen LogP contribution in [0.15, 0.2) is 24.5 Å². The minimum Gasteiger partial charge on any atom is -0.321 e. The smallest absolute Gasteiger partial charge is 0.257 e. The summed E-state index contributed by atoms with van der Waals surface area (Å²) < 4.78 is 0. The van der Waals surface area contributed by atoms with Gasteiger partial charge >= 0.3 is 0 Å². The van der Waals surface area contributed by atoms with E-state index in [1.165, 1.54) is 5.56 Å². The molecule has 0 fully saturated rings. The number of aromatic nitrogens is 1. The maximum Gasteiger partial charge on any atom is 0.257 e. The maximum absolute atomic E-state index is 11.8. The summed E-state index contributed by atoms with van der Waals surface area (Å²) in [5.74, 6) is -0.0517. The van der Waals surface area contributed by atoms with Crippen molar-refractivity contribution in [2.45, 2.75) is 26.2 Å². The van der Waals surface area contributed by atoms with Crippen molar-refractivity contribution in [3.8, 4) is 0 Å². The van der Waals surface area contributed by atoms with Crippen molar-refractivity contribution in [1.29, 1.82) is 0 Å². The second-order valence-electron chi connectivity index (χ2n) is 5.47. The molecule has 2 heterocycles. The zero-order valence-corrected chi connectivity index (χ0v) is 10.2. The number of nitrogens with zero attached hydrogens (tertiary/aromatic N) is 1. The Balaban J connectivity index is 2.45. The van der Waals surface area contributed by atoms with Gasteiger partial charge < -0.3 is 5.32 Å². The summed E-state index contributed by atoms with van der Waals surface area (Å²) in [6, 6.07) is 4.06. The van der Waals surface area contributed by atoms with Gasteiger partial charge in [0.2, 0.25) is 0 Å². The van der Waals surface area contributed by atoms with E-state index >= 15 is 0 Å². The van der Waals surface area contributed by atoms with E-state index in [1.807, 2.05) is 12.3 Å². The topological polar surface area (TPSA) is 42.0 Å². The zero-order chi connectivity index (χ0) is 12.2. The van der Waals surface area contributed by atoms with Crippen LogP contribution in [0.1, 0.15) is 36.7 Å². The van der Waals surface area contributed by atoms with Crippen molar-refractivity contribution in [3.63, 3.8) is 0 Å². The lowest BCUT2D eigenvalue weighted by Gasteiger charge is -2.21. The molecule has 1 aliphatic heterocycles. The fourth-order valence-corrected chi connectivity index (χ4v) is 2.41. The van der Waals surface area contributed by atoms with Crippen LogP contribution in [0.4, 0.5) is 5.69 Å². The molecule has 0 unspecified atom stereocenters. The largest absolute Gasteiger partial charge is 0.321 e. The van der Waals surface area contributed by atoms with Gasteiger partial charge in [-0.1, -0.05) is 26.8 Å². The lowest BCUT2D eigenvalue weighted by atomic mass is 9.83. The number of carbonyl (C=O) groups excluding carboxylic acids is 1. The number of hydrogen-bond acceptors (Lipinski definition) is 2. The molecular formula is C14H14N2O. The number of pyridine rings is 1. The molecule has 0 saturated heterocycles. The predicted octanol–water partition coefficient (Wildman–Crippen LogP) is 3.10. The maximum atomic E-state index is 11.8. The van der Waals surface area contributed by atoms with Crippen LogP contribution in [0.3, 0.4) is 0 Å². The van der Waals surface area contributed by atoms with Gasteiger partial charge in [-0.3, -0.25) is 9.78 Å². The van der Waals surface area contributed by atoms with Crippen molar-refractivity contribution in [2.75, 3.05) is 5.32 Å². The monoisotopic (exact) mass is 226 g/mol. The van der Waals surface area contributed by atoms with Gasteiger partial charge in [0.15, 0.2) is 0 Å². The average molecular weight is 226 g/mol. The number of rotatable bonds is 0. The Bertz CT molecular complexity index is 638. The highest BCUT2D eigenvalue weighted by molar-refractivity contribution is 6.24. The summed E-state index contributed by atoms with van der Waals surface area (Å²) in [4.78, 5) is 15.9. The normalized spacial score (nSPS) is 14.2. The van der Waals surface area contributed by atoms with Crippen LogP contribution in [0.5, 0.6) is 0 Å². The second-order valence-corrected chi connectivity index (χ2v) is 5.47. The van der Waals surface area contributed by atoms with Crippen LogP contribution in [-0.2, 0) is 5.41 Å². The van der Waals surface area contributed by atoms with E-state index in [4.69, 9.17) is 0 Å². The lowest BCUT2D eigenvalue weighted by Crippen LogP contribution is -2.11. The van der Waals surface area contributed by atoms with E-state index in [0.717, 1.165) is 16.5 Å². The van der Waals surface area contributed by atoms with Gasteiger partial charge in [0.05, 0.1) is 5.56 Å². The third-order valence-electron chi connectivity index (χ3n) is 3.22. The van der Waals surface area contributed by atoms with Crippen LogP contribution in [0.2, 0.25) is 0 Å². The Morgan fingerprint density at radius 2 is 1.94 bits per heavy atom. The highest BCUT2D eigenvalue weighted by atomic mass is 16.1. The summed E-state index contributed by atoms with van der Waals surface area (Å²) in [6.07, 6.45) is 3.49. The van der Waals surface area contributed by atoms with Crippen LogP contribution < -0.4 is 5.32 Å². The van der Waals surface area contributed by atoms with Crippen molar-refractivity contribution >= 4 is 22.4 Å². The molecule has 1 aliphatic rings. The number of hydrogen-bond donors (Lipinski definition) is 1. The number of benzene rings is 1. The first kappa shape index (κ1) is 10.3. The molecular weight excluding hydrogens is 212 g/mol. The molecule has 3 rings (SSSR count). The Labute approximate surface area is 99.9 Å². The molecule has 3 nitrogen and oxygen atoms in total. The van der Waals surface area contributed by atoms with Gasteiger partial charge in [0.1, 0.15) is 0 Å². The second kappa shape index (κ2) is 3.06. The Kier molecular flexibility index (Phi) is 1.85. The summed E-state index contributed by atoms with van der Waals surface area (Å²) in [6.45, 7) is 6.50. The third-order valence-corrected chi connectivity index (χ3v) is 3.22. The molecule has 0 bridgehead atoms. The first-order valence-corrected chi connectivity index (χ1v) is 5.71. The van der Waals surface area contributed by atoms with E-state index in [0.29, 0.717) is 5.56 Å². The highest BCUT2D eigenvalue weighted by Crippen LogP contribution is 2.38. The van der Waals surface area contributed by atoms with Gasteiger partial charge in [0.25, 0.3) is 5.91 Å². The molecule has 1 N–H and O–H groups in total. The number of carbonyl (C=O) groups is 1. The van der Waals surface area contributed by atoms with Gasteiger partial charge in [-0.25, -0.2) is 0 Å². The van der Waals surface area contributed by atoms with Gasteiger partial charge in [-0.2, -0.15) is 0 Å². The molecule has 1 amide bonds. The Hall–Kier alpha value is -1.90. The quantitative estimate of drug-likeness (QED) is 0.750. The first-order chi connectivity index (χ1) is 7.98. The molecule has 0 aliphatic carbocycles. The van der Waals surface area contributed by atoms with E-state index in [9.17, 15) is 4.79 Å². The molecule has 3 heteroatoms. The molecule has 0 radical (unpaired) electrons. The fraction of sp³-hybridized carbons (Fsp3) is 0.286. The average Bonchev–Trinajstić information content (AvgIpc) is 2.57. The van der Waals surface area contributed by atoms with Gasteiger partial charge in [0, 0.05) is 28.9 Å². The minimum atomic E-state index is -0.0517. The zero-order valence-electron chi connectivity index (χ0n) is 10.2. The van der Waals surface area contributed by atoms with Crippen LogP contribution in [-0.4, -0.2) is 10.9 Å². The lowest BCUT2D eigenvalue weighted by molar-refractivity contribution is 0.103. The summed E-state index contributed by atoms with van der Waals surface area (Å²) in [5.41, 5.74) is 2.85. The first-order valence-electron chi connectivity index (χ1n) is 5.71. The van der Waals surface area contributed by atoms with E-state index < -0.39 is 0 Å². The van der Waals surface area contributed by atoms with E-state index in [1.54, 1.807) is 6.20 Å². The van der Waals surface area contributed by atoms with Crippen molar-refractivity contribution < 1.29 is 4.79 Å². The molecule has 0 spiro atoms. The minimum absolute atomic E-state index is 0.0461. The molecule has 0 saturated carbocycles. The van der Waals surface area contributed by atoms with E-state index in [-0.39, 0.29) is 11.3 Å².